The van der Waals surface area contributed by atoms with Crippen molar-refractivity contribution in [1.82, 2.24) is 4.90 Å². The summed E-state index contributed by atoms with van der Waals surface area (Å²) >= 11 is 6.05. The fraction of sp³-hybridized carbons (Fsp3) is 0.529. The predicted octanol–water partition coefficient (Wildman–Crippen LogP) is 3.40. The molecule has 1 aliphatic heterocycles. The van der Waals surface area contributed by atoms with Gasteiger partial charge in [-0.2, -0.15) is 0 Å². The van der Waals surface area contributed by atoms with Gasteiger partial charge in [0.25, 0.3) is 0 Å². The number of piperidine rings is 1. The average Bonchev–Trinajstić information content (AvgIpc) is 2.47. The first-order chi connectivity index (χ1) is 10.4. The Morgan fingerprint density at radius 2 is 2.09 bits per heavy atom. The van der Waals surface area contributed by atoms with E-state index in [9.17, 15) is 14.7 Å². The molecule has 120 valence electrons. The summed E-state index contributed by atoms with van der Waals surface area (Å²) in [5.74, 6) is -1.43. The molecule has 1 aromatic rings. The molecule has 1 heterocycles. The minimum Gasteiger partial charge on any atom is -0.481 e. The SMILES string of the molecule is CC(C)C(C(=O)N1CCCC(C(=O)O)C1)c1cccc(Cl)c1. The number of carbonyl (C=O) groups is 2. The van der Waals surface area contributed by atoms with Gasteiger partial charge in [-0.1, -0.05) is 37.6 Å². The van der Waals surface area contributed by atoms with E-state index >= 15 is 0 Å². The molecule has 22 heavy (non-hydrogen) atoms. The number of halogens is 1. The van der Waals surface area contributed by atoms with Gasteiger partial charge in [0, 0.05) is 18.1 Å². The Morgan fingerprint density at radius 1 is 1.36 bits per heavy atom. The van der Waals surface area contributed by atoms with Gasteiger partial charge in [-0.15, -0.1) is 0 Å². The molecule has 0 saturated carbocycles. The van der Waals surface area contributed by atoms with E-state index in [0.717, 1.165) is 12.0 Å². The highest BCUT2D eigenvalue weighted by molar-refractivity contribution is 6.30. The number of carbonyl (C=O) groups excluding carboxylic acids is 1. The summed E-state index contributed by atoms with van der Waals surface area (Å²) in [6, 6.07) is 7.36. The van der Waals surface area contributed by atoms with Crippen LogP contribution in [0.1, 0.15) is 38.2 Å². The van der Waals surface area contributed by atoms with Gasteiger partial charge in [0.1, 0.15) is 0 Å². The van der Waals surface area contributed by atoms with Gasteiger partial charge in [0.2, 0.25) is 5.91 Å². The third-order valence-electron chi connectivity index (χ3n) is 4.22. The van der Waals surface area contributed by atoms with Crippen LogP contribution in [0.4, 0.5) is 0 Å². The molecule has 1 amide bonds. The molecule has 1 N–H and O–H groups in total. The van der Waals surface area contributed by atoms with E-state index in [1.165, 1.54) is 0 Å². The molecule has 0 aromatic heterocycles. The van der Waals surface area contributed by atoms with Crippen LogP contribution in [0.2, 0.25) is 5.02 Å². The lowest BCUT2D eigenvalue weighted by atomic mass is 9.86. The molecule has 0 aliphatic carbocycles. The van der Waals surface area contributed by atoms with E-state index in [1.54, 1.807) is 11.0 Å². The van der Waals surface area contributed by atoms with Gasteiger partial charge in [-0.25, -0.2) is 0 Å². The summed E-state index contributed by atoms with van der Waals surface area (Å²) < 4.78 is 0. The molecule has 2 atom stereocenters. The number of rotatable bonds is 4. The number of hydrogen-bond acceptors (Lipinski definition) is 2. The van der Waals surface area contributed by atoms with Crippen molar-refractivity contribution in [3.63, 3.8) is 0 Å². The topological polar surface area (TPSA) is 57.6 Å². The fourth-order valence-corrected chi connectivity index (χ4v) is 3.29. The van der Waals surface area contributed by atoms with E-state index in [4.69, 9.17) is 11.6 Å². The molecule has 0 bridgehead atoms. The first-order valence-electron chi connectivity index (χ1n) is 7.67. The maximum atomic E-state index is 12.9. The fourth-order valence-electron chi connectivity index (χ4n) is 3.09. The Hall–Kier alpha value is -1.55. The van der Waals surface area contributed by atoms with Crippen molar-refractivity contribution in [1.29, 1.82) is 0 Å². The van der Waals surface area contributed by atoms with Gasteiger partial charge in [0.05, 0.1) is 11.8 Å². The lowest BCUT2D eigenvalue weighted by Gasteiger charge is -2.34. The first-order valence-corrected chi connectivity index (χ1v) is 8.05. The van der Waals surface area contributed by atoms with Crippen molar-refractivity contribution >= 4 is 23.5 Å². The second-order valence-electron chi connectivity index (χ2n) is 6.24. The number of benzene rings is 1. The average molecular weight is 324 g/mol. The summed E-state index contributed by atoms with van der Waals surface area (Å²) in [6.07, 6.45) is 1.38. The Kier molecular flexibility index (Phi) is 5.46. The number of nitrogens with zero attached hydrogens (tertiary/aromatic N) is 1. The van der Waals surface area contributed by atoms with Crippen LogP contribution in [0.25, 0.3) is 0 Å². The summed E-state index contributed by atoms with van der Waals surface area (Å²) in [5.41, 5.74) is 0.893. The van der Waals surface area contributed by atoms with Crippen LogP contribution < -0.4 is 0 Å². The van der Waals surface area contributed by atoms with Crippen LogP contribution >= 0.6 is 11.6 Å². The number of carboxylic acid groups (broad SMARTS) is 1. The molecule has 0 spiro atoms. The third kappa shape index (κ3) is 3.80. The van der Waals surface area contributed by atoms with E-state index in [2.05, 4.69) is 0 Å². The molecule has 1 saturated heterocycles. The monoisotopic (exact) mass is 323 g/mol. The highest BCUT2D eigenvalue weighted by atomic mass is 35.5. The molecule has 2 unspecified atom stereocenters. The van der Waals surface area contributed by atoms with E-state index in [1.807, 2.05) is 32.0 Å². The second kappa shape index (κ2) is 7.14. The zero-order valence-electron chi connectivity index (χ0n) is 13.0. The van der Waals surface area contributed by atoms with E-state index in [0.29, 0.717) is 24.5 Å². The normalized spacial score (nSPS) is 20.0. The van der Waals surface area contributed by atoms with Crippen LogP contribution in [0.5, 0.6) is 0 Å². The zero-order valence-corrected chi connectivity index (χ0v) is 13.7. The molecule has 1 fully saturated rings. The zero-order chi connectivity index (χ0) is 16.3. The summed E-state index contributed by atoms with van der Waals surface area (Å²) in [4.78, 5) is 25.8. The number of likely N-dealkylation sites (tertiary alicyclic amines) is 1. The number of aliphatic carboxylic acids is 1. The van der Waals surface area contributed by atoms with Crippen molar-refractivity contribution in [2.24, 2.45) is 11.8 Å². The number of hydrogen-bond donors (Lipinski definition) is 1. The molecule has 4 nitrogen and oxygen atoms in total. The molecular formula is C17H22ClNO3. The van der Waals surface area contributed by atoms with Crippen LogP contribution in [-0.2, 0) is 9.59 Å². The van der Waals surface area contributed by atoms with Gasteiger partial charge in [-0.05, 0) is 36.5 Å². The maximum Gasteiger partial charge on any atom is 0.308 e. The smallest absolute Gasteiger partial charge is 0.308 e. The quantitative estimate of drug-likeness (QED) is 0.923. The van der Waals surface area contributed by atoms with Crippen LogP contribution in [0, 0.1) is 11.8 Å². The molecule has 0 radical (unpaired) electrons. The minimum atomic E-state index is -0.818. The van der Waals surface area contributed by atoms with E-state index < -0.39 is 11.9 Å². The summed E-state index contributed by atoms with van der Waals surface area (Å²) in [7, 11) is 0. The van der Waals surface area contributed by atoms with Gasteiger partial charge < -0.3 is 10.0 Å². The minimum absolute atomic E-state index is 0.00298. The molecule has 5 heteroatoms. The van der Waals surface area contributed by atoms with Gasteiger partial charge in [-0.3, -0.25) is 9.59 Å². The summed E-state index contributed by atoms with van der Waals surface area (Å²) in [6.45, 7) is 4.94. The van der Waals surface area contributed by atoms with E-state index in [-0.39, 0.29) is 17.7 Å². The maximum absolute atomic E-state index is 12.9. The predicted molar refractivity (Wildman–Crippen MR) is 86.0 cm³/mol. The van der Waals surface area contributed by atoms with Gasteiger partial charge >= 0.3 is 5.97 Å². The number of carboxylic acids is 1. The lowest BCUT2D eigenvalue weighted by molar-refractivity contribution is -0.146. The van der Waals surface area contributed by atoms with Crippen molar-refractivity contribution in [2.45, 2.75) is 32.6 Å². The molecule has 1 aromatic carbocycles. The highest BCUT2D eigenvalue weighted by Gasteiger charge is 2.33. The van der Waals surface area contributed by atoms with Crippen molar-refractivity contribution in [3.05, 3.63) is 34.9 Å². The second-order valence-corrected chi connectivity index (χ2v) is 6.67. The van der Waals surface area contributed by atoms with Crippen LogP contribution in [0.3, 0.4) is 0 Å². The highest BCUT2D eigenvalue weighted by Crippen LogP contribution is 2.30. The summed E-state index contributed by atoms with van der Waals surface area (Å²) in [5, 5.41) is 9.79. The Morgan fingerprint density at radius 3 is 2.68 bits per heavy atom. The molecule has 2 rings (SSSR count). The van der Waals surface area contributed by atoms with Crippen molar-refractivity contribution in [2.75, 3.05) is 13.1 Å². The lowest BCUT2D eigenvalue weighted by Crippen LogP contribution is -2.45. The number of amides is 1. The van der Waals surface area contributed by atoms with Crippen LogP contribution in [-0.4, -0.2) is 35.0 Å². The Balaban J connectivity index is 2.21. The third-order valence-corrected chi connectivity index (χ3v) is 4.46. The Bertz CT molecular complexity index is 559. The molecule has 1 aliphatic rings. The van der Waals surface area contributed by atoms with Crippen molar-refractivity contribution in [3.8, 4) is 0 Å². The van der Waals surface area contributed by atoms with Crippen LogP contribution in [0.15, 0.2) is 24.3 Å². The largest absolute Gasteiger partial charge is 0.481 e. The van der Waals surface area contributed by atoms with Crippen molar-refractivity contribution < 1.29 is 14.7 Å². The molecular weight excluding hydrogens is 302 g/mol. The standard InChI is InChI=1S/C17H22ClNO3/c1-11(2)15(12-5-3-7-14(18)9-12)16(20)19-8-4-6-13(10-19)17(21)22/h3,5,7,9,11,13,15H,4,6,8,10H2,1-2H3,(H,21,22). The van der Waals surface area contributed by atoms with Gasteiger partial charge in [0.15, 0.2) is 0 Å². The Labute approximate surface area is 136 Å². The first kappa shape index (κ1) is 16.8.